The van der Waals surface area contributed by atoms with E-state index in [1.165, 1.54) is 0 Å². The summed E-state index contributed by atoms with van der Waals surface area (Å²) >= 11 is 0. The molecule has 2 heteroatoms. The third kappa shape index (κ3) is 3.13. The van der Waals surface area contributed by atoms with Crippen LogP contribution in [0.5, 0.6) is 0 Å². The Balaban J connectivity index is 3.71. The highest BCUT2D eigenvalue weighted by molar-refractivity contribution is 5.83. The minimum atomic E-state index is -0.428. The maximum atomic E-state index is 10.8. The maximum Gasteiger partial charge on any atom is 0.313 e. The van der Waals surface area contributed by atoms with E-state index in [1.807, 2.05) is 0 Å². The van der Waals surface area contributed by atoms with Gasteiger partial charge in [-0.3, -0.25) is 4.79 Å². The van der Waals surface area contributed by atoms with Crippen molar-refractivity contribution >= 4 is 5.97 Å². The number of terminal acetylenes is 1. The van der Waals surface area contributed by atoms with E-state index >= 15 is 0 Å². The fourth-order valence-electron chi connectivity index (χ4n) is 0.312. The topological polar surface area (TPSA) is 26.3 Å². The lowest BCUT2D eigenvalue weighted by molar-refractivity contribution is -0.143. The molecule has 2 nitrogen and oxygen atoms in total. The third-order valence-electron chi connectivity index (χ3n) is 0.927. The zero-order valence-corrected chi connectivity index (χ0v) is 6.47. The Kier molecular flexibility index (Phi) is 3.56. The molecular weight excluding hydrogens is 128 g/mol. The van der Waals surface area contributed by atoms with Crippen LogP contribution < -0.4 is 0 Å². The van der Waals surface area contributed by atoms with Gasteiger partial charge in [-0.25, -0.2) is 0 Å². The number of carbonyl (C=O) groups excluding carboxylic acids is 1. The van der Waals surface area contributed by atoms with E-state index in [9.17, 15) is 4.79 Å². The van der Waals surface area contributed by atoms with Crippen LogP contribution in [-0.4, -0.2) is 12.1 Å². The van der Waals surface area contributed by atoms with Crippen LogP contribution in [0.3, 0.4) is 0 Å². The van der Waals surface area contributed by atoms with Gasteiger partial charge in [0.15, 0.2) is 6.10 Å². The molecular formula is C8H11O2. The lowest BCUT2D eigenvalue weighted by Crippen LogP contribution is -2.16. The summed E-state index contributed by atoms with van der Waals surface area (Å²) in [4.78, 5) is 10.8. The second kappa shape index (κ2) is 3.94. The van der Waals surface area contributed by atoms with Gasteiger partial charge in [0, 0.05) is 0 Å². The molecule has 1 radical (unpaired) electrons. The van der Waals surface area contributed by atoms with Crippen LogP contribution in [0.15, 0.2) is 0 Å². The standard InChI is InChI=1S/C8H11O2/c1-5-7(4)10-8(9)6(2)3/h1,7H,2-4H3. The van der Waals surface area contributed by atoms with Crippen LogP contribution in [-0.2, 0) is 9.53 Å². The molecule has 1 unspecified atom stereocenters. The Morgan fingerprint density at radius 1 is 1.60 bits per heavy atom. The summed E-state index contributed by atoms with van der Waals surface area (Å²) in [6.45, 7) is 5.03. The molecule has 0 N–H and O–H groups in total. The van der Waals surface area contributed by atoms with Gasteiger partial charge in [-0.1, -0.05) is 5.92 Å². The van der Waals surface area contributed by atoms with Crippen molar-refractivity contribution < 1.29 is 9.53 Å². The van der Waals surface area contributed by atoms with Crippen molar-refractivity contribution in [2.24, 2.45) is 0 Å². The number of rotatable bonds is 2. The summed E-state index contributed by atoms with van der Waals surface area (Å²) in [7, 11) is 0. The molecule has 0 aliphatic heterocycles. The summed E-state index contributed by atoms with van der Waals surface area (Å²) in [5.41, 5.74) is 0. The molecule has 0 rings (SSSR count). The third-order valence-corrected chi connectivity index (χ3v) is 0.927. The number of hydrogen-bond donors (Lipinski definition) is 0. The van der Waals surface area contributed by atoms with Crippen molar-refractivity contribution in [1.82, 2.24) is 0 Å². The van der Waals surface area contributed by atoms with E-state index < -0.39 is 6.10 Å². The summed E-state index contributed by atoms with van der Waals surface area (Å²) in [5.74, 6) is 2.58. The molecule has 0 saturated carbocycles. The molecule has 0 bridgehead atoms. The van der Waals surface area contributed by atoms with Gasteiger partial charge in [-0.15, -0.1) is 6.42 Å². The van der Waals surface area contributed by atoms with Gasteiger partial charge in [-0.05, 0) is 20.8 Å². The van der Waals surface area contributed by atoms with E-state index in [0.29, 0.717) is 5.92 Å². The Hall–Kier alpha value is -0.970. The molecule has 0 heterocycles. The first kappa shape index (κ1) is 9.03. The summed E-state index contributed by atoms with van der Waals surface area (Å²) < 4.78 is 4.75. The van der Waals surface area contributed by atoms with E-state index in [1.54, 1.807) is 20.8 Å². The molecule has 0 aliphatic rings. The predicted molar refractivity (Wildman–Crippen MR) is 39.0 cm³/mol. The van der Waals surface area contributed by atoms with E-state index in [2.05, 4.69) is 5.92 Å². The average Bonchev–Trinajstić information content (AvgIpc) is 1.87. The highest BCUT2D eigenvalue weighted by Crippen LogP contribution is 2.00. The first-order valence-electron chi connectivity index (χ1n) is 3.05. The average molecular weight is 139 g/mol. The van der Waals surface area contributed by atoms with Crippen LogP contribution in [0.25, 0.3) is 0 Å². The van der Waals surface area contributed by atoms with Gasteiger partial charge in [-0.2, -0.15) is 0 Å². The molecule has 0 aromatic rings. The Morgan fingerprint density at radius 2 is 2.10 bits per heavy atom. The zero-order valence-electron chi connectivity index (χ0n) is 6.47. The van der Waals surface area contributed by atoms with Crippen molar-refractivity contribution in [3.05, 3.63) is 5.92 Å². The Labute approximate surface area is 61.6 Å². The molecule has 1 atom stereocenters. The SMILES string of the molecule is C#CC(C)OC(=O)[C](C)C. The van der Waals surface area contributed by atoms with Crippen LogP contribution in [0.4, 0.5) is 0 Å². The molecule has 55 valence electrons. The zero-order chi connectivity index (χ0) is 8.15. The Morgan fingerprint density at radius 3 is 2.40 bits per heavy atom. The number of esters is 1. The summed E-state index contributed by atoms with van der Waals surface area (Å²) in [6.07, 6.45) is 4.56. The fraction of sp³-hybridized carbons (Fsp3) is 0.500. The molecule has 0 aromatic heterocycles. The lowest BCUT2D eigenvalue weighted by atomic mass is 10.2. The molecule has 10 heavy (non-hydrogen) atoms. The maximum absolute atomic E-state index is 10.8. The Bertz CT molecular complexity index is 153. The number of hydrogen-bond acceptors (Lipinski definition) is 2. The van der Waals surface area contributed by atoms with Crippen molar-refractivity contribution in [1.29, 1.82) is 0 Å². The smallest absolute Gasteiger partial charge is 0.313 e. The van der Waals surface area contributed by atoms with Crippen LogP contribution in [0.2, 0.25) is 0 Å². The summed E-state index contributed by atoms with van der Waals surface area (Å²) in [5, 5.41) is 0. The van der Waals surface area contributed by atoms with E-state index in [-0.39, 0.29) is 5.97 Å². The second-order valence-corrected chi connectivity index (χ2v) is 2.21. The van der Waals surface area contributed by atoms with Crippen molar-refractivity contribution in [2.45, 2.75) is 26.9 Å². The highest BCUT2D eigenvalue weighted by Gasteiger charge is 2.10. The van der Waals surface area contributed by atoms with Crippen molar-refractivity contribution in [3.63, 3.8) is 0 Å². The molecule has 0 fully saturated rings. The number of ether oxygens (including phenoxy) is 1. The summed E-state index contributed by atoms with van der Waals surface area (Å²) in [6, 6.07) is 0. The molecule has 0 spiro atoms. The monoisotopic (exact) mass is 139 g/mol. The largest absolute Gasteiger partial charge is 0.449 e. The minimum Gasteiger partial charge on any atom is -0.449 e. The quantitative estimate of drug-likeness (QED) is 0.424. The highest BCUT2D eigenvalue weighted by atomic mass is 16.5. The molecule has 0 saturated heterocycles. The first-order chi connectivity index (χ1) is 4.57. The lowest BCUT2D eigenvalue weighted by Gasteiger charge is -2.07. The van der Waals surface area contributed by atoms with Gasteiger partial charge in [0.25, 0.3) is 0 Å². The van der Waals surface area contributed by atoms with Gasteiger partial charge in [0.05, 0.1) is 5.92 Å². The van der Waals surface area contributed by atoms with Crippen molar-refractivity contribution in [3.8, 4) is 12.3 Å². The van der Waals surface area contributed by atoms with Gasteiger partial charge in [0.2, 0.25) is 0 Å². The van der Waals surface area contributed by atoms with Crippen molar-refractivity contribution in [2.75, 3.05) is 0 Å². The van der Waals surface area contributed by atoms with Crippen LogP contribution >= 0.6 is 0 Å². The minimum absolute atomic E-state index is 0.328. The molecule has 0 aromatic carbocycles. The van der Waals surface area contributed by atoms with E-state index in [0.717, 1.165) is 0 Å². The first-order valence-corrected chi connectivity index (χ1v) is 3.05. The molecule has 0 aliphatic carbocycles. The molecule has 0 amide bonds. The fourth-order valence-corrected chi connectivity index (χ4v) is 0.312. The normalized spacial score (nSPS) is 12.3. The number of carbonyl (C=O) groups is 1. The van der Waals surface area contributed by atoms with Gasteiger partial charge >= 0.3 is 5.97 Å². The van der Waals surface area contributed by atoms with Crippen LogP contribution in [0.1, 0.15) is 20.8 Å². The van der Waals surface area contributed by atoms with Crippen LogP contribution in [0, 0.1) is 18.3 Å². The second-order valence-electron chi connectivity index (χ2n) is 2.21. The predicted octanol–water partition coefficient (Wildman–Crippen LogP) is 1.17. The van der Waals surface area contributed by atoms with Gasteiger partial charge < -0.3 is 4.74 Å². The van der Waals surface area contributed by atoms with E-state index in [4.69, 9.17) is 11.2 Å². The van der Waals surface area contributed by atoms with Gasteiger partial charge in [0.1, 0.15) is 0 Å².